The molecule has 0 saturated heterocycles. The minimum atomic E-state index is -0.964. The number of carboxylic acids is 2. The molecule has 0 amide bonds. The summed E-state index contributed by atoms with van der Waals surface area (Å²) in [5.41, 5.74) is 0.965. The summed E-state index contributed by atoms with van der Waals surface area (Å²) in [6, 6.07) is 1.87. The summed E-state index contributed by atoms with van der Waals surface area (Å²) < 4.78 is 0. The summed E-state index contributed by atoms with van der Waals surface area (Å²) in [6.45, 7) is 1.86. The second kappa shape index (κ2) is 4.93. The van der Waals surface area contributed by atoms with E-state index in [4.69, 9.17) is 10.2 Å². The van der Waals surface area contributed by atoms with Gasteiger partial charge in [-0.2, -0.15) is 0 Å². The molecule has 0 unspecified atom stereocenters. The quantitative estimate of drug-likeness (QED) is 0.809. The molecule has 0 spiro atoms. The fourth-order valence-corrected chi connectivity index (χ4v) is 2.51. The van der Waals surface area contributed by atoms with E-state index in [1.807, 2.05) is 18.4 Å². The van der Waals surface area contributed by atoms with Crippen LogP contribution in [0.15, 0.2) is 11.4 Å². The highest BCUT2D eigenvalue weighted by molar-refractivity contribution is 7.10. The largest absolute Gasteiger partial charge is 0.481 e. The Balaban J connectivity index is 2.85. The minimum Gasteiger partial charge on any atom is -0.481 e. The third-order valence-electron chi connectivity index (χ3n) is 2.11. The van der Waals surface area contributed by atoms with Crippen LogP contribution in [-0.2, 0) is 9.59 Å². The van der Waals surface area contributed by atoms with Gasteiger partial charge in [-0.05, 0) is 23.9 Å². The molecule has 4 nitrogen and oxygen atoms in total. The Labute approximate surface area is 91.2 Å². The third-order valence-corrected chi connectivity index (χ3v) is 3.30. The van der Waals surface area contributed by atoms with Crippen molar-refractivity contribution in [2.24, 2.45) is 0 Å². The highest BCUT2D eigenvalue weighted by Gasteiger charge is 2.21. The third kappa shape index (κ3) is 3.36. The van der Waals surface area contributed by atoms with Crippen molar-refractivity contribution in [3.63, 3.8) is 0 Å². The van der Waals surface area contributed by atoms with Crippen LogP contribution in [-0.4, -0.2) is 22.2 Å². The molecule has 0 radical (unpaired) electrons. The smallest absolute Gasteiger partial charge is 0.304 e. The second-order valence-corrected chi connectivity index (χ2v) is 4.31. The Kier molecular flexibility index (Phi) is 3.85. The lowest BCUT2D eigenvalue weighted by molar-refractivity contribution is -0.139. The number of aliphatic carboxylic acids is 2. The molecule has 0 aliphatic heterocycles. The van der Waals surface area contributed by atoms with Gasteiger partial charge in [-0.3, -0.25) is 9.59 Å². The maximum Gasteiger partial charge on any atom is 0.304 e. The van der Waals surface area contributed by atoms with E-state index in [2.05, 4.69) is 0 Å². The van der Waals surface area contributed by atoms with Crippen molar-refractivity contribution in [1.82, 2.24) is 0 Å². The van der Waals surface area contributed by atoms with Crippen LogP contribution in [0, 0.1) is 6.92 Å². The highest BCUT2D eigenvalue weighted by Crippen LogP contribution is 2.30. The van der Waals surface area contributed by atoms with Crippen molar-refractivity contribution in [2.45, 2.75) is 25.7 Å². The molecular weight excluding hydrogens is 216 g/mol. The summed E-state index contributed by atoms with van der Waals surface area (Å²) in [4.78, 5) is 22.1. The lowest BCUT2D eigenvalue weighted by atomic mass is 9.97. The Morgan fingerprint density at radius 2 is 1.87 bits per heavy atom. The van der Waals surface area contributed by atoms with Crippen LogP contribution in [0.3, 0.4) is 0 Å². The van der Waals surface area contributed by atoms with Crippen molar-refractivity contribution in [3.05, 3.63) is 21.9 Å². The Bertz CT molecular complexity index is 353. The van der Waals surface area contributed by atoms with Crippen molar-refractivity contribution in [1.29, 1.82) is 0 Å². The molecule has 82 valence electrons. The number of thiophene rings is 1. The van der Waals surface area contributed by atoms with Gasteiger partial charge in [-0.25, -0.2) is 0 Å². The first-order chi connectivity index (χ1) is 7.00. The molecule has 1 aromatic rings. The molecule has 5 heteroatoms. The molecule has 0 bridgehead atoms. The van der Waals surface area contributed by atoms with Crippen LogP contribution >= 0.6 is 11.3 Å². The van der Waals surface area contributed by atoms with Gasteiger partial charge in [-0.1, -0.05) is 0 Å². The van der Waals surface area contributed by atoms with E-state index < -0.39 is 17.9 Å². The lowest BCUT2D eigenvalue weighted by Crippen LogP contribution is -2.10. The fourth-order valence-electron chi connectivity index (χ4n) is 1.48. The minimum absolute atomic E-state index is 0.131. The summed E-state index contributed by atoms with van der Waals surface area (Å²) >= 11 is 1.41. The van der Waals surface area contributed by atoms with Crippen LogP contribution < -0.4 is 0 Å². The number of hydrogen-bond donors (Lipinski definition) is 2. The molecule has 0 fully saturated rings. The molecule has 0 saturated carbocycles. The van der Waals surface area contributed by atoms with Gasteiger partial charge in [0.25, 0.3) is 0 Å². The maximum absolute atomic E-state index is 10.6. The lowest BCUT2D eigenvalue weighted by Gasteiger charge is -2.11. The fraction of sp³-hybridized carbons (Fsp3) is 0.400. The average Bonchev–Trinajstić information content (AvgIpc) is 2.48. The van der Waals surface area contributed by atoms with E-state index in [9.17, 15) is 9.59 Å². The molecule has 15 heavy (non-hydrogen) atoms. The summed E-state index contributed by atoms with van der Waals surface area (Å²) in [5.74, 6) is -2.34. The molecule has 0 atom stereocenters. The van der Waals surface area contributed by atoms with E-state index >= 15 is 0 Å². The van der Waals surface area contributed by atoms with Crippen molar-refractivity contribution >= 4 is 23.3 Å². The van der Waals surface area contributed by atoms with Gasteiger partial charge < -0.3 is 10.2 Å². The van der Waals surface area contributed by atoms with E-state index in [1.165, 1.54) is 11.3 Å². The predicted molar refractivity (Wildman–Crippen MR) is 56.3 cm³/mol. The Morgan fingerprint density at radius 3 is 2.20 bits per heavy atom. The van der Waals surface area contributed by atoms with Gasteiger partial charge in [0.2, 0.25) is 0 Å². The Hall–Kier alpha value is -1.36. The molecular formula is C10H12O4S. The van der Waals surface area contributed by atoms with Crippen LogP contribution in [0.4, 0.5) is 0 Å². The topological polar surface area (TPSA) is 74.6 Å². The SMILES string of the molecule is Cc1ccsc1C(CC(=O)O)CC(=O)O. The highest BCUT2D eigenvalue weighted by atomic mass is 32.1. The standard InChI is InChI=1S/C10H12O4S/c1-6-2-3-15-10(6)7(4-8(11)12)5-9(13)14/h2-3,7H,4-5H2,1H3,(H,11,12)(H,13,14). The molecule has 1 heterocycles. The number of carbonyl (C=O) groups is 2. The number of hydrogen-bond acceptors (Lipinski definition) is 3. The van der Waals surface area contributed by atoms with Crippen molar-refractivity contribution in [2.75, 3.05) is 0 Å². The first-order valence-electron chi connectivity index (χ1n) is 4.48. The number of carboxylic acid groups (broad SMARTS) is 2. The Morgan fingerprint density at radius 1 is 1.33 bits per heavy atom. The molecule has 0 aliphatic rings. The molecule has 0 aliphatic carbocycles. The monoisotopic (exact) mass is 228 g/mol. The van der Waals surface area contributed by atoms with E-state index in [-0.39, 0.29) is 12.8 Å². The van der Waals surface area contributed by atoms with Crippen LogP contribution in [0.1, 0.15) is 29.2 Å². The first-order valence-corrected chi connectivity index (χ1v) is 5.36. The number of rotatable bonds is 5. The molecule has 1 rings (SSSR count). The van der Waals surface area contributed by atoms with E-state index in [0.717, 1.165) is 10.4 Å². The van der Waals surface area contributed by atoms with Crippen LogP contribution in [0.5, 0.6) is 0 Å². The molecule has 2 N–H and O–H groups in total. The first kappa shape index (κ1) is 11.7. The van der Waals surface area contributed by atoms with E-state index in [1.54, 1.807) is 0 Å². The summed E-state index contributed by atoms with van der Waals surface area (Å²) in [6.07, 6.45) is -0.263. The molecule has 1 aromatic heterocycles. The van der Waals surface area contributed by atoms with Crippen molar-refractivity contribution < 1.29 is 19.8 Å². The zero-order valence-corrected chi connectivity index (χ0v) is 9.08. The zero-order valence-electron chi connectivity index (χ0n) is 8.27. The summed E-state index contributed by atoms with van der Waals surface area (Å²) in [7, 11) is 0. The maximum atomic E-state index is 10.6. The van der Waals surface area contributed by atoms with Crippen LogP contribution in [0.25, 0.3) is 0 Å². The second-order valence-electron chi connectivity index (χ2n) is 3.36. The van der Waals surface area contributed by atoms with Gasteiger partial charge >= 0.3 is 11.9 Å². The van der Waals surface area contributed by atoms with Gasteiger partial charge in [0.1, 0.15) is 0 Å². The van der Waals surface area contributed by atoms with Crippen molar-refractivity contribution in [3.8, 4) is 0 Å². The average molecular weight is 228 g/mol. The summed E-state index contributed by atoms with van der Waals surface area (Å²) in [5, 5.41) is 19.2. The van der Waals surface area contributed by atoms with Gasteiger partial charge in [-0.15, -0.1) is 11.3 Å². The zero-order chi connectivity index (χ0) is 11.4. The van der Waals surface area contributed by atoms with Gasteiger partial charge in [0.05, 0.1) is 12.8 Å². The van der Waals surface area contributed by atoms with Gasteiger partial charge in [0, 0.05) is 10.8 Å². The molecule has 0 aromatic carbocycles. The predicted octanol–water partition coefficient (Wildman–Crippen LogP) is 2.09. The normalized spacial score (nSPS) is 10.5. The van der Waals surface area contributed by atoms with Crippen LogP contribution in [0.2, 0.25) is 0 Å². The van der Waals surface area contributed by atoms with E-state index in [0.29, 0.717) is 0 Å². The number of aryl methyl sites for hydroxylation is 1. The van der Waals surface area contributed by atoms with Gasteiger partial charge in [0.15, 0.2) is 0 Å².